The molecule has 1 unspecified atom stereocenters. The summed E-state index contributed by atoms with van der Waals surface area (Å²) in [7, 11) is 1.58. The number of nitrogens with one attached hydrogen (secondary N) is 3. The van der Waals surface area contributed by atoms with Crippen molar-refractivity contribution in [2.45, 2.75) is 25.2 Å². The molecule has 4 rings (SSSR count). The van der Waals surface area contributed by atoms with Crippen LogP contribution in [-0.4, -0.2) is 40.9 Å². The van der Waals surface area contributed by atoms with Crippen molar-refractivity contribution >= 4 is 17.1 Å². The Balaban J connectivity index is 1.47. The first-order chi connectivity index (χ1) is 17.3. The number of hydrogen-bond acceptors (Lipinski definition) is 5. The molecule has 2 heterocycles. The van der Waals surface area contributed by atoms with Crippen molar-refractivity contribution in [2.75, 3.05) is 13.7 Å². The second kappa shape index (κ2) is 11.0. The lowest BCUT2D eigenvalue weighted by Gasteiger charge is -2.18. The minimum absolute atomic E-state index is 0.0811. The Morgan fingerprint density at radius 1 is 1.08 bits per heavy atom. The number of aromatic nitrogens is 3. The van der Waals surface area contributed by atoms with Gasteiger partial charge in [0.2, 0.25) is 5.88 Å². The molecule has 8 nitrogen and oxygen atoms in total. The number of methoxy groups -OCH3 is 1. The lowest BCUT2D eigenvalue weighted by molar-refractivity contribution is -0.154. The zero-order valence-electron chi connectivity index (χ0n) is 19.3. The molecule has 3 N–H and O–H groups in total. The minimum Gasteiger partial charge on any atom is -0.497 e. The Kier molecular flexibility index (Phi) is 7.57. The smallest absolute Gasteiger partial charge is 0.422 e. The number of nitrogens with zero attached hydrogens (tertiary/aromatic N) is 2. The summed E-state index contributed by atoms with van der Waals surface area (Å²) < 4.78 is 47.6. The maximum absolute atomic E-state index is 12.8. The molecule has 2 aromatic heterocycles. The standard InChI is InChI=1S/C25H24F3N5O3/c1-35-18-10-8-16(9-11-18)13-21(22-31-19-6-2-3-7-20(19)32-22)33-24(34)30-14-17-5-4-12-29-23(17)36-15-25(26,27)28/h2-12,21H,13-15H2,1H3,(H,31,32)(H2,30,33,34). The number of hydrogen-bond donors (Lipinski definition) is 3. The number of rotatable bonds is 9. The summed E-state index contributed by atoms with van der Waals surface area (Å²) in [6.07, 6.45) is -2.74. The van der Waals surface area contributed by atoms with Crippen LogP contribution in [0.25, 0.3) is 11.0 Å². The van der Waals surface area contributed by atoms with Crippen LogP contribution in [0.4, 0.5) is 18.0 Å². The number of aromatic amines is 1. The van der Waals surface area contributed by atoms with Gasteiger partial charge in [0.25, 0.3) is 0 Å². The molecule has 0 saturated heterocycles. The third-order valence-electron chi connectivity index (χ3n) is 5.30. The highest BCUT2D eigenvalue weighted by atomic mass is 19.4. The van der Waals surface area contributed by atoms with Crippen molar-refractivity contribution in [3.63, 3.8) is 0 Å². The molecule has 0 aliphatic rings. The van der Waals surface area contributed by atoms with Gasteiger partial charge in [-0.2, -0.15) is 13.2 Å². The molecule has 0 radical (unpaired) electrons. The van der Waals surface area contributed by atoms with Gasteiger partial charge < -0.3 is 25.1 Å². The zero-order valence-corrected chi connectivity index (χ0v) is 19.3. The zero-order chi connectivity index (χ0) is 25.5. The van der Waals surface area contributed by atoms with Crippen LogP contribution in [0.15, 0.2) is 66.9 Å². The predicted molar refractivity (Wildman–Crippen MR) is 127 cm³/mol. The molecule has 36 heavy (non-hydrogen) atoms. The number of amides is 2. The maximum Gasteiger partial charge on any atom is 0.422 e. The van der Waals surface area contributed by atoms with Crippen LogP contribution in [0, 0.1) is 0 Å². The SMILES string of the molecule is COc1ccc(CC(NC(=O)NCc2cccnc2OCC(F)(F)F)c2nc3ccccc3[nH]2)cc1. The lowest BCUT2D eigenvalue weighted by atomic mass is 10.1. The quantitative estimate of drug-likeness (QED) is 0.310. The van der Waals surface area contributed by atoms with Crippen molar-refractivity contribution < 1.29 is 27.4 Å². The molecule has 2 amide bonds. The largest absolute Gasteiger partial charge is 0.497 e. The average Bonchev–Trinajstić information content (AvgIpc) is 3.31. The van der Waals surface area contributed by atoms with Crippen LogP contribution in [0.2, 0.25) is 0 Å². The van der Waals surface area contributed by atoms with Crippen LogP contribution in [0.1, 0.15) is 23.0 Å². The summed E-state index contributed by atoms with van der Waals surface area (Å²) in [6.45, 7) is -1.55. The number of alkyl halides is 3. The molecular formula is C25H24F3N5O3. The van der Waals surface area contributed by atoms with E-state index in [1.807, 2.05) is 48.5 Å². The molecule has 4 aromatic rings. The van der Waals surface area contributed by atoms with E-state index in [0.29, 0.717) is 23.6 Å². The molecule has 0 aliphatic carbocycles. The maximum atomic E-state index is 12.8. The first kappa shape index (κ1) is 24.8. The number of carbonyl (C=O) groups is 1. The Morgan fingerprint density at radius 3 is 2.58 bits per heavy atom. The van der Waals surface area contributed by atoms with Crippen molar-refractivity contribution in [3.05, 3.63) is 83.8 Å². The Morgan fingerprint density at radius 2 is 1.86 bits per heavy atom. The molecule has 11 heteroatoms. The van der Waals surface area contributed by atoms with Crippen LogP contribution >= 0.6 is 0 Å². The highest BCUT2D eigenvalue weighted by Gasteiger charge is 2.29. The number of ether oxygens (including phenoxy) is 2. The molecule has 0 bridgehead atoms. The average molecular weight is 499 g/mol. The number of carbonyl (C=O) groups excluding carboxylic acids is 1. The van der Waals surface area contributed by atoms with E-state index in [4.69, 9.17) is 9.47 Å². The number of urea groups is 1. The first-order valence-corrected chi connectivity index (χ1v) is 11.1. The molecule has 0 spiro atoms. The normalized spacial score (nSPS) is 12.2. The minimum atomic E-state index is -4.50. The van der Waals surface area contributed by atoms with E-state index < -0.39 is 24.9 Å². The second-order valence-electron chi connectivity index (χ2n) is 7.94. The Hall–Kier alpha value is -4.28. The van der Waals surface area contributed by atoms with Crippen LogP contribution < -0.4 is 20.1 Å². The van der Waals surface area contributed by atoms with Gasteiger partial charge in [0.05, 0.1) is 24.2 Å². The molecule has 2 aromatic carbocycles. The van der Waals surface area contributed by atoms with Crippen molar-refractivity contribution in [1.82, 2.24) is 25.6 Å². The summed E-state index contributed by atoms with van der Waals surface area (Å²) in [5.74, 6) is 1.09. The van der Waals surface area contributed by atoms with Gasteiger partial charge >= 0.3 is 12.2 Å². The van der Waals surface area contributed by atoms with E-state index >= 15 is 0 Å². The number of para-hydroxylation sites is 2. The third kappa shape index (κ3) is 6.65. The molecule has 0 saturated carbocycles. The fraction of sp³-hybridized carbons (Fsp3) is 0.240. The summed E-state index contributed by atoms with van der Waals surface area (Å²) in [4.78, 5) is 24.5. The van der Waals surface area contributed by atoms with E-state index in [1.165, 1.54) is 12.3 Å². The van der Waals surface area contributed by atoms with Gasteiger partial charge in [0.15, 0.2) is 6.61 Å². The van der Waals surface area contributed by atoms with Crippen molar-refractivity contribution in [2.24, 2.45) is 0 Å². The van der Waals surface area contributed by atoms with E-state index in [0.717, 1.165) is 16.6 Å². The van der Waals surface area contributed by atoms with Crippen LogP contribution in [0.3, 0.4) is 0 Å². The van der Waals surface area contributed by atoms with Gasteiger partial charge in [-0.3, -0.25) is 0 Å². The van der Waals surface area contributed by atoms with Crippen molar-refractivity contribution in [3.8, 4) is 11.6 Å². The van der Waals surface area contributed by atoms with E-state index in [1.54, 1.807) is 13.2 Å². The Bertz CT molecular complexity index is 1280. The van der Waals surface area contributed by atoms with Gasteiger partial charge in [-0.05, 0) is 42.3 Å². The number of imidazole rings is 1. The number of halogens is 3. The molecular weight excluding hydrogens is 475 g/mol. The predicted octanol–water partition coefficient (Wildman–Crippen LogP) is 4.69. The number of fused-ring (bicyclic) bond motifs is 1. The fourth-order valence-corrected chi connectivity index (χ4v) is 3.57. The van der Waals surface area contributed by atoms with Crippen LogP contribution in [0.5, 0.6) is 11.6 Å². The van der Waals surface area contributed by atoms with Gasteiger partial charge in [-0.25, -0.2) is 14.8 Å². The lowest BCUT2D eigenvalue weighted by Crippen LogP contribution is -2.39. The van der Waals surface area contributed by atoms with Gasteiger partial charge in [-0.15, -0.1) is 0 Å². The second-order valence-corrected chi connectivity index (χ2v) is 7.94. The topological polar surface area (TPSA) is 101 Å². The Labute approximate surface area is 204 Å². The van der Waals surface area contributed by atoms with E-state index in [2.05, 4.69) is 25.6 Å². The number of benzene rings is 2. The number of pyridine rings is 1. The third-order valence-corrected chi connectivity index (χ3v) is 5.30. The van der Waals surface area contributed by atoms with Gasteiger partial charge in [0, 0.05) is 18.3 Å². The molecule has 0 aliphatic heterocycles. The van der Waals surface area contributed by atoms with E-state index in [-0.39, 0.29) is 12.4 Å². The summed E-state index contributed by atoms with van der Waals surface area (Å²) in [5, 5.41) is 5.56. The molecule has 1 atom stereocenters. The fourth-order valence-electron chi connectivity index (χ4n) is 3.57. The highest BCUT2D eigenvalue weighted by Crippen LogP contribution is 2.22. The summed E-state index contributed by atoms with van der Waals surface area (Å²) >= 11 is 0. The van der Waals surface area contributed by atoms with Crippen LogP contribution in [-0.2, 0) is 13.0 Å². The molecule has 188 valence electrons. The molecule has 0 fully saturated rings. The van der Waals surface area contributed by atoms with E-state index in [9.17, 15) is 18.0 Å². The highest BCUT2D eigenvalue weighted by molar-refractivity contribution is 5.76. The number of H-pyrrole nitrogens is 1. The van der Waals surface area contributed by atoms with Gasteiger partial charge in [0.1, 0.15) is 11.6 Å². The first-order valence-electron chi connectivity index (χ1n) is 11.1. The van der Waals surface area contributed by atoms with Gasteiger partial charge in [-0.1, -0.05) is 30.3 Å². The summed E-state index contributed by atoms with van der Waals surface area (Å²) in [6, 6.07) is 17.0. The summed E-state index contributed by atoms with van der Waals surface area (Å²) in [5.41, 5.74) is 2.84. The van der Waals surface area contributed by atoms with Crippen molar-refractivity contribution in [1.29, 1.82) is 0 Å². The monoisotopic (exact) mass is 499 g/mol.